The quantitative estimate of drug-likeness (QED) is 0.712. The predicted molar refractivity (Wildman–Crippen MR) is 93.3 cm³/mol. The summed E-state index contributed by atoms with van der Waals surface area (Å²) in [6.07, 6.45) is 6.23. The first-order valence-electron chi connectivity index (χ1n) is 10.0. The number of aliphatic hydroxyl groups excluding tert-OH is 1. The number of carbonyl (C=O) groups is 1. The van der Waals surface area contributed by atoms with E-state index < -0.39 is 5.60 Å². The third-order valence-electron chi connectivity index (χ3n) is 9.30. The van der Waals surface area contributed by atoms with Crippen LogP contribution in [0.3, 0.4) is 0 Å². The molecule has 2 N–H and O–H groups in total. The molecule has 4 aliphatic carbocycles. The van der Waals surface area contributed by atoms with Crippen LogP contribution in [0.4, 0.5) is 0 Å². The molecule has 0 aromatic carbocycles. The molecule has 0 aromatic rings. The lowest BCUT2D eigenvalue weighted by molar-refractivity contribution is -0.196. The molecule has 4 saturated carbocycles. The third-order valence-corrected chi connectivity index (χ3v) is 9.30. The van der Waals surface area contributed by atoms with Gasteiger partial charge in [-0.15, -0.1) is 0 Å². The number of fused-ring (bicyclic) bond motifs is 5. The SMILES string of the molecule is C[C@@H]1C[C@@]2(C)[C@@H](CC[C@H]3[C@H]2[C@H](O)C[C@]2(C)[C@@H]3CC[C@]2(C)O)CC1=O. The van der Waals surface area contributed by atoms with E-state index in [-0.39, 0.29) is 22.9 Å². The van der Waals surface area contributed by atoms with E-state index in [4.69, 9.17) is 0 Å². The summed E-state index contributed by atoms with van der Waals surface area (Å²) in [4.78, 5) is 12.3. The highest BCUT2D eigenvalue weighted by molar-refractivity contribution is 5.82. The second-order valence-corrected chi connectivity index (χ2v) is 10.4. The predicted octanol–water partition coefficient (Wildman–Crippen LogP) is 3.57. The lowest BCUT2D eigenvalue weighted by Crippen LogP contribution is -2.61. The molecule has 3 heteroatoms. The minimum Gasteiger partial charge on any atom is -0.393 e. The number of aliphatic hydroxyl groups is 2. The summed E-state index contributed by atoms with van der Waals surface area (Å²) in [5.41, 5.74) is -0.727. The number of carbonyl (C=O) groups excluding carboxylic acids is 1. The van der Waals surface area contributed by atoms with E-state index in [0.29, 0.717) is 35.9 Å². The van der Waals surface area contributed by atoms with Crippen LogP contribution in [0.15, 0.2) is 0 Å². The van der Waals surface area contributed by atoms with Gasteiger partial charge in [-0.3, -0.25) is 4.79 Å². The van der Waals surface area contributed by atoms with Crippen LogP contribution < -0.4 is 0 Å². The zero-order valence-corrected chi connectivity index (χ0v) is 15.7. The van der Waals surface area contributed by atoms with Gasteiger partial charge >= 0.3 is 0 Å². The Bertz CT molecular complexity index is 555. The van der Waals surface area contributed by atoms with Crippen LogP contribution >= 0.6 is 0 Å². The number of ketones is 1. The molecule has 0 amide bonds. The fourth-order valence-corrected chi connectivity index (χ4v) is 7.76. The van der Waals surface area contributed by atoms with Gasteiger partial charge in [0.25, 0.3) is 0 Å². The summed E-state index contributed by atoms with van der Waals surface area (Å²) in [6.45, 7) is 8.63. The normalized spacial score (nSPS) is 60.3. The van der Waals surface area contributed by atoms with Crippen LogP contribution in [0, 0.1) is 40.4 Å². The number of Topliss-reactive ketones (excluding diaryl/α,β-unsaturated/α-hetero) is 1. The van der Waals surface area contributed by atoms with Gasteiger partial charge < -0.3 is 10.2 Å². The fourth-order valence-electron chi connectivity index (χ4n) is 7.76. The zero-order valence-electron chi connectivity index (χ0n) is 15.7. The van der Waals surface area contributed by atoms with Crippen LogP contribution in [-0.4, -0.2) is 27.7 Å². The van der Waals surface area contributed by atoms with Crippen molar-refractivity contribution in [2.45, 2.75) is 84.3 Å². The van der Waals surface area contributed by atoms with Gasteiger partial charge in [-0.2, -0.15) is 0 Å². The second-order valence-electron chi connectivity index (χ2n) is 10.4. The summed E-state index contributed by atoms with van der Waals surface area (Å²) >= 11 is 0. The molecule has 4 rings (SSSR count). The molecule has 0 aliphatic heterocycles. The molecule has 136 valence electrons. The Morgan fingerprint density at radius 3 is 2.50 bits per heavy atom. The minimum absolute atomic E-state index is 0.0887. The summed E-state index contributed by atoms with van der Waals surface area (Å²) < 4.78 is 0. The highest BCUT2D eigenvalue weighted by Crippen LogP contribution is 2.68. The van der Waals surface area contributed by atoms with Crippen molar-refractivity contribution in [3.8, 4) is 0 Å². The molecule has 0 unspecified atom stereocenters. The van der Waals surface area contributed by atoms with Crippen molar-refractivity contribution in [3.05, 3.63) is 0 Å². The van der Waals surface area contributed by atoms with Gasteiger partial charge in [0.15, 0.2) is 0 Å². The van der Waals surface area contributed by atoms with Crippen LogP contribution in [-0.2, 0) is 4.79 Å². The molecule has 0 spiro atoms. The van der Waals surface area contributed by atoms with E-state index in [1.54, 1.807) is 0 Å². The van der Waals surface area contributed by atoms with E-state index >= 15 is 0 Å². The molecule has 24 heavy (non-hydrogen) atoms. The molecule has 0 heterocycles. The maximum Gasteiger partial charge on any atom is 0.136 e. The van der Waals surface area contributed by atoms with Crippen molar-refractivity contribution in [3.63, 3.8) is 0 Å². The summed E-state index contributed by atoms with van der Waals surface area (Å²) in [6, 6.07) is 0. The third kappa shape index (κ3) is 2.00. The second kappa shape index (κ2) is 5.07. The van der Waals surface area contributed by atoms with Crippen molar-refractivity contribution in [2.24, 2.45) is 40.4 Å². The van der Waals surface area contributed by atoms with Gasteiger partial charge in [-0.25, -0.2) is 0 Å². The van der Waals surface area contributed by atoms with E-state index in [9.17, 15) is 15.0 Å². The topological polar surface area (TPSA) is 57.5 Å². The van der Waals surface area contributed by atoms with Crippen LogP contribution in [0.5, 0.6) is 0 Å². The largest absolute Gasteiger partial charge is 0.393 e. The molecule has 0 aromatic heterocycles. The Morgan fingerprint density at radius 2 is 1.79 bits per heavy atom. The van der Waals surface area contributed by atoms with Gasteiger partial charge in [0.2, 0.25) is 0 Å². The highest BCUT2D eigenvalue weighted by atomic mass is 16.3. The maximum atomic E-state index is 12.3. The standard InChI is InChI=1S/C21H34O3/c1-12-10-19(2)13(9-16(12)22)5-6-14-15-7-8-21(4,24)20(15,3)11-17(23)18(14)19/h12-15,17-18,23-24H,5-11H2,1-4H3/t12-,13+,14-,15-,17-,18+,19+,20-,21+/m1/s1. The van der Waals surface area contributed by atoms with Gasteiger partial charge in [-0.1, -0.05) is 20.8 Å². The summed E-state index contributed by atoms with van der Waals surface area (Å²) in [5.74, 6) is 2.34. The summed E-state index contributed by atoms with van der Waals surface area (Å²) in [5, 5.41) is 22.2. The molecule has 3 nitrogen and oxygen atoms in total. The zero-order chi connectivity index (χ0) is 17.5. The van der Waals surface area contributed by atoms with Crippen molar-refractivity contribution in [2.75, 3.05) is 0 Å². The van der Waals surface area contributed by atoms with Crippen molar-refractivity contribution in [1.82, 2.24) is 0 Å². The van der Waals surface area contributed by atoms with Crippen molar-refractivity contribution in [1.29, 1.82) is 0 Å². The molecule has 4 aliphatic rings. The summed E-state index contributed by atoms with van der Waals surface area (Å²) in [7, 11) is 0. The number of rotatable bonds is 0. The first-order valence-corrected chi connectivity index (χ1v) is 10.0. The minimum atomic E-state index is -0.656. The Balaban J connectivity index is 1.71. The highest BCUT2D eigenvalue weighted by Gasteiger charge is 2.66. The molecule has 0 bridgehead atoms. The molecule has 0 saturated heterocycles. The van der Waals surface area contributed by atoms with E-state index in [1.165, 1.54) is 0 Å². The van der Waals surface area contributed by atoms with Gasteiger partial charge in [-0.05, 0) is 74.5 Å². The number of hydrogen-bond acceptors (Lipinski definition) is 3. The maximum absolute atomic E-state index is 12.3. The van der Waals surface area contributed by atoms with Crippen LogP contribution in [0.25, 0.3) is 0 Å². The molecule has 9 atom stereocenters. The Hall–Kier alpha value is -0.410. The monoisotopic (exact) mass is 334 g/mol. The lowest BCUT2D eigenvalue weighted by Gasteiger charge is -2.62. The van der Waals surface area contributed by atoms with Crippen molar-refractivity contribution >= 4 is 5.78 Å². The lowest BCUT2D eigenvalue weighted by atomic mass is 9.43. The van der Waals surface area contributed by atoms with Gasteiger partial charge in [0.05, 0.1) is 11.7 Å². The first kappa shape index (κ1) is 17.0. The van der Waals surface area contributed by atoms with E-state index in [1.807, 2.05) is 6.92 Å². The van der Waals surface area contributed by atoms with Gasteiger partial charge in [0, 0.05) is 17.8 Å². The van der Waals surface area contributed by atoms with Crippen LogP contribution in [0.1, 0.15) is 72.6 Å². The Morgan fingerprint density at radius 1 is 1.08 bits per heavy atom. The average molecular weight is 335 g/mol. The smallest absolute Gasteiger partial charge is 0.136 e. The molecular formula is C21H34O3. The van der Waals surface area contributed by atoms with Gasteiger partial charge in [0.1, 0.15) is 5.78 Å². The van der Waals surface area contributed by atoms with E-state index in [0.717, 1.165) is 38.5 Å². The number of hydrogen-bond donors (Lipinski definition) is 2. The average Bonchev–Trinajstić information content (AvgIpc) is 2.70. The first-order chi connectivity index (χ1) is 11.1. The molecule has 4 fully saturated rings. The fraction of sp³-hybridized carbons (Fsp3) is 0.952. The van der Waals surface area contributed by atoms with Crippen LogP contribution in [0.2, 0.25) is 0 Å². The molecular weight excluding hydrogens is 300 g/mol. The Kier molecular flexibility index (Phi) is 3.59. The van der Waals surface area contributed by atoms with E-state index in [2.05, 4.69) is 20.8 Å². The Labute approximate surface area is 146 Å². The molecule has 0 radical (unpaired) electrons. The van der Waals surface area contributed by atoms with Crippen molar-refractivity contribution < 1.29 is 15.0 Å².